The highest BCUT2D eigenvalue weighted by atomic mass is 15.3. The fourth-order valence-corrected chi connectivity index (χ4v) is 2.31. The van der Waals surface area contributed by atoms with E-state index >= 15 is 0 Å². The van der Waals surface area contributed by atoms with E-state index in [1.165, 1.54) is 39.1 Å². The molecule has 0 amide bonds. The Bertz CT molecular complexity index is 203. The average Bonchev–Trinajstić information content (AvgIpc) is 2.27. The van der Waals surface area contributed by atoms with Crippen LogP contribution in [0.25, 0.3) is 0 Å². The van der Waals surface area contributed by atoms with Crippen LogP contribution in [0, 0.1) is 5.41 Å². The second kappa shape index (κ2) is 5.99. The molecule has 1 aliphatic rings. The van der Waals surface area contributed by atoms with Crippen molar-refractivity contribution in [1.29, 1.82) is 0 Å². The van der Waals surface area contributed by atoms with Crippen LogP contribution in [0.1, 0.15) is 34.1 Å². The summed E-state index contributed by atoms with van der Waals surface area (Å²) >= 11 is 0. The molecule has 1 rings (SSSR count). The number of rotatable bonds is 5. The van der Waals surface area contributed by atoms with Crippen LogP contribution in [0.2, 0.25) is 0 Å². The molecule has 16 heavy (non-hydrogen) atoms. The highest BCUT2D eigenvalue weighted by Crippen LogP contribution is 2.19. The molecule has 0 spiro atoms. The molecular formula is C13H29N3. The van der Waals surface area contributed by atoms with Crippen LogP contribution in [0.4, 0.5) is 0 Å². The molecule has 1 saturated heterocycles. The number of hydrogen-bond donors (Lipinski definition) is 1. The summed E-state index contributed by atoms with van der Waals surface area (Å²) in [7, 11) is 0. The van der Waals surface area contributed by atoms with E-state index in [0.29, 0.717) is 11.5 Å². The lowest BCUT2D eigenvalue weighted by molar-refractivity contribution is 0.0798. The van der Waals surface area contributed by atoms with E-state index in [4.69, 9.17) is 5.73 Å². The Hall–Kier alpha value is -0.120. The van der Waals surface area contributed by atoms with Gasteiger partial charge in [-0.1, -0.05) is 20.8 Å². The van der Waals surface area contributed by atoms with Gasteiger partial charge in [0, 0.05) is 25.7 Å². The van der Waals surface area contributed by atoms with Crippen molar-refractivity contribution in [2.45, 2.75) is 40.2 Å². The zero-order valence-electron chi connectivity index (χ0n) is 11.5. The van der Waals surface area contributed by atoms with Crippen molar-refractivity contribution in [3.05, 3.63) is 0 Å². The summed E-state index contributed by atoms with van der Waals surface area (Å²) in [5, 5.41) is 0. The molecule has 1 heterocycles. The fourth-order valence-electron chi connectivity index (χ4n) is 2.31. The van der Waals surface area contributed by atoms with Gasteiger partial charge in [-0.3, -0.25) is 4.90 Å². The molecule has 1 fully saturated rings. The lowest BCUT2D eigenvalue weighted by atomic mass is 9.89. The summed E-state index contributed by atoms with van der Waals surface area (Å²) in [6.45, 7) is 16.0. The first-order valence-corrected chi connectivity index (χ1v) is 6.65. The van der Waals surface area contributed by atoms with Crippen LogP contribution in [-0.2, 0) is 0 Å². The third-order valence-electron chi connectivity index (χ3n) is 3.91. The maximum Gasteiger partial charge on any atom is 0.0195 e. The predicted octanol–water partition coefficient (Wildman–Crippen LogP) is 1.39. The number of nitrogens with two attached hydrogens (primary N) is 1. The zero-order chi connectivity index (χ0) is 12.2. The van der Waals surface area contributed by atoms with Crippen LogP contribution < -0.4 is 5.73 Å². The largest absolute Gasteiger partial charge is 0.330 e. The number of piperazine rings is 1. The Morgan fingerprint density at radius 2 is 2.00 bits per heavy atom. The third kappa shape index (κ3) is 4.04. The molecule has 3 heteroatoms. The average molecular weight is 227 g/mol. The summed E-state index contributed by atoms with van der Waals surface area (Å²) < 4.78 is 0. The Balaban J connectivity index is 2.30. The van der Waals surface area contributed by atoms with Crippen LogP contribution in [-0.4, -0.2) is 55.1 Å². The summed E-state index contributed by atoms with van der Waals surface area (Å²) in [4.78, 5) is 5.15. The van der Waals surface area contributed by atoms with Crippen LogP contribution >= 0.6 is 0 Å². The minimum absolute atomic E-state index is 0.297. The second-order valence-electron chi connectivity index (χ2n) is 5.90. The zero-order valence-corrected chi connectivity index (χ0v) is 11.5. The first-order chi connectivity index (χ1) is 7.48. The maximum absolute atomic E-state index is 5.77. The normalized spacial score (nSPS) is 24.9. The standard InChI is InChI=1S/C13H29N3/c1-5-16-9-8-15(10-12(16)2)7-6-13(3,4)11-14/h12H,5-11,14H2,1-4H3. The maximum atomic E-state index is 5.77. The first kappa shape index (κ1) is 13.9. The Labute approximate surface area is 101 Å². The highest BCUT2D eigenvalue weighted by Gasteiger charge is 2.24. The highest BCUT2D eigenvalue weighted by molar-refractivity contribution is 4.80. The number of nitrogens with zero attached hydrogens (tertiary/aromatic N) is 2. The van der Waals surface area contributed by atoms with Crippen LogP contribution in [0.15, 0.2) is 0 Å². The van der Waals surface area contributed by atoms with E-state index in [9.17, 15) is 0 Å². The summed E-state index contributed by atoms with van der Waals surface area (Å²) in [6, 6.07) is 0.708. The SMILES string of the molecule is CCN1CCN(CCC(C)(C)CN)CC1C. The third-order valence-corrected chi connectivity index (χ3v) is 3.91. The number of likely N-dealkylation sites (N-methyl/N-ethyl adjacent to an activating group) is 1. The van der Waals surface area contributed by atoms with Gasteiger partial charge in [0.15, 0.2) is 0 Å². The Morgan fingerprint density at radius 3 is 2.50 bits per heavy atom. The minimum atomic E-state index is 0.297. The molecule has 96 valence electrons. The summed E-state index contributed by atoms with van der Waals surface area (Å²) in [6.07, 6.45) is 1.21. The molecule has 0 aliphatic carbocycles. The Kier molecular flexibility index (Phi) is 5.22. The first-order valence-electron chi connectivity index (χ1n) is 6.65. The van der Waals surface area contributed by atoms with Gasteiger partial charge in [-0.05, 0) is 38.4 Å². The van der Waals surface area contributed by atoms with E-state index in [1.807, 2.05) is 0 Å². The monoisotopic (exact) mass is 227 g/mol. The van der Waals surface area contributed by atoms with Crippen molar-refractivity contribution in [2.75, 3.05) is 39.3 Å². The predicted molar refractivity (Wildman–Crippen MR) is 70.6 cm³/mol. The molecular weight excluding hydrogens is 198 g/mol. The van der Waals surface area contributed by atoms with E-state index in [1.54, 1.807) is 0 Å². The van der Waals surface area contributed by atoms with Crippen molar-refractivity contribution in [2.24, 2.45) is 11.1 Å². The van der Waals surface area contributed by atoms with Crippen LogP contribution in [0.3, 0.4) is 0 Å². The van der Waals surface area contributed by atoms with Gasteiger partial charge in [0.05, 0.1) is 0 Å². The minimum Gasteiger partial charge on any atom is -0.330 e. The molecule has 0 aromatic carbocycles. The molecule has 0 aromatic rings. The molecule has 0 radical (unpaired) electrons. The summed E-state index contributed by atoms with van der Waals surface area (Å²) in [5.74, 6) is 0. The van der Waals surface area contributed by atoms with Gasteiger partial charge in [0.2, 0.25) is 0 Å². The van der Waals surface area contributed by atoms with Gasteiger partial charge >= 0.3 is 0 Å². The van der Waals surface area contributed by atoms with Gasteiger partial charge in [0.1, 0.15) is 0 Å². The van der Waals surface area contributed by atoms with E-state index in [2.05, 4.69) is 37.5 Å². The molecule has 0 bridgehead atoms. The van der Waals surface area contributed by atoms with Crippen molar-refractivity contribution >= 4 is 0 Å². The Morgan fingerprint density at radius 1 is 1.31 bits per heavy atom. The second-order valence-corrected chi connectivity index (χ2v) is 5.90. The van der Waals surface area contributed by atoms with Crippen molar-refractivity contribution in [3.8, 4) is 0 Å². The lowest BCUT2D eigenvalue weighted by Crippen LogP contribution is -2.52. The van der Waals surface area contributed by atoms with Crippen molar-refractivity contribution in [3.63, 3.8) is 0 Å². The topological polar surface area (TPSA) is 32.5 Å². The number of hydrogen-bond acceptors (Lipinski definition) is 3. The smallest absolute Gasteiger partial charge is 0.0195 e. The van der Waals surface area contributed by atoms with Crippen LogP contribution in [0.5, 0.6) is 0 Å². The van der Waals surface area contributed by atoms with E-state index in [0.717, 1.165) is 6.54 Å². The lowest BCUT2D eigenvalue weighted by Gasteiger charge is -2.40. The van der Waals surface area contributed by atoms with Gasteiger partial charge in [-0.2, -0.15) is 0 Å². The van der Waals surface area contributed by atoms with Gasteiger partial charge in [-0.25, -0.2) is 0 Å². The van der Waals surface area contributed by atoms with E-state index < -0.39 is 0 Å². The molecule has 2 N–H and O–H groups in total. The summed E-state index contributed by atoms with van der Waals surface area (Å²) in [5.41, 5.74) is 6.06. The quantitative estimate of drug-likeness (QED) is 0.770. The van der Waals surface area contributed by atoms with Crippen molar-refractivity contribution in [1.82, 2.24) is 9.80 Å². The van der Waals surface area contributed by atoms with Crippen molar-refractivity contribution < 1.29 is 0 Å². The molecule has 0 saturated carbocycles. The molecule has 0 aromatic heterocycles. The van der Waals surface area contributed by atoms with Gasteiger partial charge in [-0.15, -0.1) is 0 Å². The van der Waals surface area contributed by atoms with E-state index in [-0.39, 0.29) is 0 Å². The molecule has 1 atom stereocenters. The molecule has 1 unspecified atom stereocenters. The molecule has 1 aliphatic heterocycles. The van der Waals surface area contributed by atoms with Gasteiger partial charge in [0.25, 0.3) is 0 Å². The molecule has 3 nitrogen and oxygen atoms in total. The fraction of sp³-hybridized carbons (Fsp3) is 1.00. The van der Waals surface area contributed by atoms with Gasteiger partial charge < -0.3 is 10.6 Å².